The number of carbonyl (C=O) groups is 1. The van der Waals surface area contributed by atoms with Crippen molar-refractivity contribution in [1.82, 2.24) is 4.90 Å². The van der Waals surface area contributed by atoms with Gasteiger partial charge in [0.25, 0.3) is 5.91 Å². The Morgan fingerprint density at radius 3 is 2.52 bits per heavy atom. The molecule has 2 aromatic carbocycles. The minimum Gasteiger partial charge on any atom is -0.496 e. The minimum atomic E-state index is -0.989. The monoisotopic (exact) mass is 372 g/mol. The number of carbonyl (C=O) groups excluding carboxylic acids is 1. The molecule has 8 nitrogen and oxygen atoms in total. The Morgan fingerprint density at radius 2 is 1.89 bits per heavy atom. The highest BCUT2D eigenvalue weighted by molar-refractivity contribution is 5.83. The van der Waals surface area contributed by atoms with E-state index >= 15 is 0 Å². The van der Waals surface area contributed by atoms with Gasteiger partial charge in [-0.25, -0.2) is 0 Å². The van der Waals surface area contributed by atoms with E-state index in [1.165, 1.54) is 19.2 Å². The molecular formula is C19H20N2O6. The number of morpholine rings is 1. The molecule has 0 bridgehead atoms. The average molecular weight is 372 g/mol. The number of ether oxygens (including phenoxy) is 3. The Hall–Kier alpha value is -3.13. The van der Waals surface area contributed by atoms with Gasteiger partial charge in [-0.3, -0.25) is 14.9 Å². The lowest BCUT2D eigenvalue weighted by molar-refractivity contribution is -0.386. The highest BCUT2D eigenvalue weighted by Crippen LogP contribution is 2.35. The van der Waals surface area contributed by atoms with Crippen molar-refractivity contribution in [2.45, 2.75) is 6.10 Å². The van der Waals surface area contributed by atoms with E-state index in [0.717, 1.165) is 0 Å². The van der Waals surface area contributed by atoms with E-state index in [2.05, 4.69) is 0 Å². The summed E-state index contributed by atoms with van der Waals surface area (Å²) in [7, 11) is 1.42. The summed E-state index contributed by atoms with van der Waals surface area (Å²) in [6.07, 6.45) is -0.989. The lowest BCUT2D eigenvalue weighted by Gasteiger charge is -2.30. The van der Waals surface area contributed by atoms with Crippen LogP contribution in [0.2, 0.25) is 0 Å². The quantitative estimate of drug-likeness (QED) is 0.572. The first-order valence-corrected chi connectivity index (χ1v) is 8.50. The first kappa shape index (κ1) is 18.7. The van der Waals surface area contributed by atoms with Crippen molar-refractivity contribution in [3.8, 4) is 11.5 Å². The van der Waals surface area contributed by atoms with Crippen LogP contribution in [0.1, 0.15) is 11.7 Å². The molecule has 1 fully saturated rings. The first-order valence-electron chi connectivity index (χ1n) is 8.50. The van der Waals surface area contributed by atoms with Crippen LogP contribution in [-0.4, -0.2) is 49.1 Å². The van der Waals surface area contributed by atoms with Crippen molar-refractivity contribution in [2.75, 3.05) is 33.4 Å². The molecule has 1 saturated heterocycles. The molecule has 1 amide bonds. The van der Waals surface area contributed by atoms with E-state index < -0.39 is 11.0 Å². The van der Waals surface area contributed by atoms with E-state index in [9.17, 15) is 14.9 Å². The van der Waals surface area contributed by atoms with Gasteiger partial charge in [-0.15, -0.1) is 0 Å². The van der Waals surface area contributed by atoms with Crippen LogP contribution < -0.4 is 9.47 Å². The van der Waals surface area contributed by atoms with Crippen molar-refractivity contribution in [3.63, 3.8) is 0 Å². The maximum Gasteiger partial charge on any atom is 0.314 e. The Bertz CT molecular complexity index is 805. The summed E-state index contributed by atoms with van der Waals surface area (Å²) < 4.78 is 16.2. The fraction of sp³-hybridized carbons (Fsp3) is 0.316. The summed E-state index contributed by atoms with van der Waals surface area (Å²) >= 11 is 0. The maximum absolute atomic E-state index is 13.1. The molecule has 0 saturated carbocycles. The molecule has 0 spiro atoms. The molecule has 142 valence electrons. The van der Waals surface area contributed by atoms with Gasteiger partial charge in [0.2, 0.25) is 6.10 Å². The first-order chi connectivity index (χ1) is 13.1. The fourth-order valence-electron chi connectivity index (χ4n) is 2.83. The van der Waals surface area contributed by atoms with Crippen LogP contribution in [0.3, 0.4) is 0 Å². The third-order valence-electron chi connectivity index (χ3n) is 4.26. The lowest BCUT2D eigenvalue weighted by atomic mass is 10.1. The topological polar surface area (TPSA) is 91.1 Å². The molecule has 3 rings (SSSR count). The predicted molar refractivity (Wildman–Crippen MR) is 96.9 cm³/mol. The van der Waals surface area contributed by atoms with Crippen LogP contribution >= 0.6 is 0 Å². The summed E-state index contributed by atoms with van der Waals surface area (Å²) in [6, 6.07) is 13.2. The van der Waals surface area contributed by atoms with Crippen molar-refractivity contribution >= 4 is 11.6 Å². The third kappa shape index (κ3) is 4.35. The van der Waals surface area contributed by atoms with Gasteiger partial charge in [-0.05, 0) is 12.1 Å². The summed E-state index contributed by atoms with van der Waals surface area (Å²) in [5, 5.41) is 11.4. The SMILES string of the molecule is COc1ccc(O[C@H](C(=O)N2CCOCC2)c2ccccc2)c([N+](=O)[O-])c1. The van der Waals surface area contributed by atoms with Gasteiger partial charge in [0.1, 0.15) is 5.75 Å². The molecule has 8 heteroatoms. The van der Waals surface area contributed by atoms with E-state index in [-0.39, 0.29) is 17.3 Å². The molecule has 0 aromatic heterocycles. The zero-order valence-corrected chi connectivity index (χ0v) is 14.9. The Labute approximate surface area is 156 Å². The number of rotatable bonds is 6. The van der Waals surface area contributed by atoms with Gasteiger partial charge in [-0.2, -0.15) is 0 Å². The second kappa shape index (κ2) is 8.50. The number of nitro benzene ring substituents is 1. The van der Waals surface area contributed by atoms with Crippen LogP contribution in [0, 0.1) is 10.1 Å². The van der Waals surface area contributed by atoms with Gasteiger partial charge in [-0.1, -0.05) is 30.3 Å². The summed E-state index contributed by atoms with van der Waals surface area (Å²) in [4.78, 5) is 25.6. The normalized spacial score (nSPS) is 15.1. The molecule has 1 atom stereocenters. The number of benzene rings is 2. The van der Waals surface area contributed by atoms with Gasteiger partial charge >= 0.3 is 5.69 Å². The second-order valence-electron chi connectivity index (χ2n) is 5.94. The molecular weight excluding hydrogens is 352 g/mol. The molecule has 1 heterocycles. The smallest absolute Gasteiger partial charge is 0.314 e. The molecule has 1 aliphatic rings. The second-order valence-corrected chi connectivity index (χ2v) is 5.94. The van der Waals surface area contributed by atoms with Crippen molar-refractivity contribution in [3.05, 3.63) is 64.2 Å². The van der Waals surface area contributed by atoms with Gasteiger partial charge in [0, 0.05) is 18.7 Å². The minimum absolute atomic E-state index is 0.0104. The van der Waals surface area contributed by atoms with E-state index in [0.29, 0.717) is 37.6 Å². The number of hydrogen-bond donors (Lipinski definition) is 0. The van der Waals surface area contributed by atoms with Crippen LogP contribution in [-0.2, 0) is 9.53 Å². The highest BCUT2D eigenvalue weighted by Gasteiger charge is 2.31. The van der Waals surface area contributed by atoms with E-state index in [4.69, 9.17) is 14.2 Å². The predicted octanol–water partition coefficient (Wildman–Crippen LogP) is 2.58. The standard InChI is InChI=1S/C19H20N2O6/c1-25-15-7-8-17(16(13-15)21(23)24)27-18(14-5-3-2-4-6-14)19(22)20-9-11-26-12-10-20/h2-8,13,18H,9-12H2,1H3/t18-/m0/s1. The number of nitro groups is 1. The van der Waals surface area contributed by atoms with E-state index in [1.54, 1.807) is 35.2 Å². The van der Waals surface area contributed by atoms with Crippen LogP contribution in [0.15, 0.2) is 48.5 Å². The number of methoxy groups -OCH3 is 1. The van der Waals surface area contributed by atoms with Crippen LogP contribution in [0.5, 0.6) is 11.5 Å². The lowest BCUT2D eigenvalue weighted by Crippen LogP contribution is -2.44. The highest BCUT2D eigenvalue weighted by atomic mass is 16.6. The van der Waals surface area contributed by atoms with Gasteiger partial charge < -0.3 is 19.1 Å². The average Bonchev–Trinajstić information content (AvgIpc) is 2.72. The molecule has 0 unspecified atom stereocenters. The van der Waals surface area contributed by atoms with Gasteiger partial charge in [0.15, 0.2) is 5.75 Å². The van der Waals surface area contributed by atoms with E-state index in [1.807, 2.05) is 6.07 Å². The third-order valence-corrected chi connectivity index (χ3v) is 4.26. The number of nitrogens with zero attached hydrogens (tertiary/aromatic N) is 2. The molecule has 0 aliphatic carbocycles. The Kier molecular flexibility index (Phi) is 5.87. The largest absolute Gasteiger partial charge is 0.496 e. The Morgan fingerprint density at radius 1 is 1.19 bits per heavy atom. The zero-order valence-electron chi connectivity index (χ0n) is 14.9. The van der Waals surface area contributed by atoms with Crippen LogP contribution in [0.4, 0.5) is 5.69 Å². The summed E-state index contributed by atoms with van der Waals surface area (Å²) in [6.45, 7) is 1.82. The number of amides is 1. The van der Waals surface area contributed by atoms with Crippen LogP contribution in [0.25, 0.3) is 0 Å². The van der Waals surface area contributed by atoms with Gasteiger partial charge in [0.05, 0.1) is 31.3 Å². The fourth-order valence-corrected chi connectivity index (χ4v) is 2.83. The maximum atomic E-state index is 13.1. The molecule has 27 heavy (non-hydrogen) atoms. The number of hydrogen-bond acceptors (Lipinski definition) is 6. The summed E-state index contributed by atoms with van der Waals surface area (Å²) in [5.41, 5.74) is 0.365. The summed E-state index contributed by atoms with van der Waals surface area (Å²) in [5.74, 6) is 0.0932. The molecule has 0 radical (unpaired) electrons. The molecule has 1 aliphatic heterocycles. The molecule has 0 N–H and O–H groups in total. The van der Waals surface area contributed by atoms with Crippen molar-refractivity contribution in [1.29, 1.82) is 0 Å². The Balaban J connectivity index is 1.94. The molecule has 2 aromatic rings. The van der Waals surface area contributed by atoms with Crippen molar-refractivity contribution < 1.29 is 23.9 Å². The zero-order chi connectivity index (χ0) is 19.2. The van der Waals surface area contributed by atoms with Crippen molar-refractivity contribution in [2.24, 2.45) is 0 Å².